The number of rotatable bonds is 3. The molecule has 2 atom stereocenters. The van der Waals surface area contributed by atoms with E-state index in [1.165, 1.54) is 12.8 Å². The van der Waals surface area contributed by atoms with Crippen molar-refractivity contribution >= 4 is 15.9 Å². The van der Waals surface area contributed by atoms with Gasteiger partial charge in [-0.1, -0.05) is 0 Å². The molecule has 2 aliphatic rings. The molecule has 2 aliphatic carbocycles. The van der Waals surface area contributed by atoms with E-state index in [1.807, 2.05) is 10.9 Å². The van der Waals surface area contributed by atoms with Gasteiger partial charge in [0.2, 0.25) is 0 Å². The van der Waals surface area contributed by atoms with E-state index in [9.17, 15) is 5.26 Å². The van der Waals surface area contributed by atoms with Gasteiger partial charge < -0.3 is 0 Å². The van der Waals surface area contributed by atoms with Gasteiger partial charge in [0.05, 0.1) is 22.8 Å². The van der Waals surface area contributed by atoms with Gasteiger partial charge in [-0.3, -0.25) is 10.00 Å². The lowest BCUT2D eigenvalue weighted by Crippen LogP contribution is -2.43. The minimum absolute atomic E-state index is 0.315. The number of halogens is 1. The summed E-state index contributed by atoms with van der Waals surface area (Å²) in [5.74, 6) is 0. The van der Waals surface area contributed by atoms with Gasteiger partial charge in [-0.05, 0) is 41.6 Å². The van der Waals surface area contributed by atoms with E-state index in [0.29, 0.717) is 12.1 Å². The smallest absolute Gasteiger partial charge is 0.109 e. The zero-order chi connectivity index (χ0) is 11.9. The molecule has 1 heterocycles. The van der Waals surface area contributed by atoms with E-state index in [4.69, 9.17) is 0 Å². The highest BCUT2D eigenvalue weighted by atomic mass is 79.9. The predicted molar refractivity (Wildman–Crippen MR) is 67.3 cm³/mol. The van der Waals surface area contributed by atoms with Crippen LogP contribution in [-0.4, -0.2) is 21.4 Å². The lowest BCUT2D eigenvalue weighted by atomic mass is 9.99. The minimum atomic E-state index is -0.315. The Morgan fingerprint density at radius 1 is 1.53 bits per heavy atom. The summed E-state index contributed by atoms with van der Waals surface area (Å²) < 4.78 is 2.99. The first-order valence-electron chi connectivity index (χ1n) is 6.09. The van der Waals surface area contributed by atoms with Crippen LogP contribution in [-0.2, 0) is 0 Å². The number of nitriles is 1. The van der Waals surface area contributed by atoms with Crippen LogP contribution in [0.4, 0.5) is 0 Å². The molecule has 0 bridgehead atoms. The molecule has 0 saturated heterocycles. The Morgan fingerprint density at radius 2 is 2.35 bits per heavy atom. The SMILES string of the molecule is N#CC1(NC2CC2)CCC(n2cc(Br)cn2)C1. The van der Waals surface area contributed by atoms with Crippen molar-refractivity contribution < 1.29 is 0 Å². The summed E-state index contributed by atoms with van der Waals surface area (Å²) in [5, 5.41) is 17.2. The van der Waals surface area contributed by atoms with Crippen molar-refractivity contribution in [3.8, 4) is 6.07 Å². The topological polar surface area (TPSA) is 53.6 Å². The quantitative estimate of drug-likeness (QED) is 0.931. The Morgan fingerprint density at radius 3 is 2.94 bits per heavy atom. The van der Waals surface area contributed by atoms with Crippen LogP contribution in [0.2, 0.25) is 0 Å². The van der Waals surface area contributed by atoms with Crippen molar-refractivity contribution in [1.82, 2.24) is 15.1 Å². The van der Waals surface area contributed by atoms with E-state index < -0.39 is 0 Å². The molecule has 5 heteroatoms. The van der Waals surface area contributed by atoms with Crippen LogP contribution >= 0.6 is 15.9 Å². The molecule has 0 radical (unpaired) electrons. The van der Waals surface area contributed by atoms with Gasteiger partial charge in [-0.2, -0.15) is 10.4 Å². The summed E-state index contributed by atoms with van der Waals surface area (Å²) in [4.78, 5) is 0. The van der Waals surface area contributed by atoms with Crippen molar-refractivity contribution in [1.29, 1.82) is 5.26 Å². The first-order valence-corrected chi connectivity index (χ1v) is 6.89. The Kier molecular flexibility index (Phi) is 2.72. The number of nitrogens with one attached hydrogen (secondary N) is 1. The van der Waals surface area contributed by atoms with Gasteiger partial charge in [0.25, 0.3) is 0 Å². The Bertz CT molecular complexity index is 459. The van der Waals surface area contributed by atoms with Crippen LogP contribution in [0, 0.1) is 11.3 Å². The predicted octanol–water partition coefficient (Wildman–Crippen LogP) is 2.38. The first-order chi connectivity index (χ1) is 8.21. The monoisotopic (exact) mass is 294 g/mol. The number of nitrogens with zero attached hydrogens (tertiary/aromatic N) is 3. The fourth-order valence-electron chi connectivity index (χ4n) is 2.64. The number of aromatic nitrogens is 2. The molecule has 1 N–H and O–H groups in total. The molecule has 1 aromatic rings. The Balaban J connectivity index is 1.73. The van der Waals surface area contributed by atoms with Crippen LogP contribution in [0.15, 0.2) is 16.9 Å². The van der Waals surface area contributed by atoms with Crippen molar-refractivity contribution in [3.63, 3.8) is 0 Å². The van der Waals surface area contributed by atoms with E-state index in [1.54, 1.807) is 6.20 Å². The lowest BCUT2D eigenvalue weighted by Gasteiger charge is -2.22. The highest BCUT2D eigenvalue weighted by Crippen LogP contribution is 2.39. The molecule has 90 valence electrons. The summed E-state index contributed by atoms with van der Waals surface area (Å²) in [6.45, 7) is 0. The maximum atomic E-state index is 9.41. The molecule has 17 heavy (non-hydrogen) atoms. The zero-order valence-electron chi connectivity index (χ0n) is 9.56. The summed E-state index contributed by atoms with van der Waals surface area (Å²) in [6, 6.07) is 3.43. The molecule has 4 nitrogen and oxygen atoms in total. The molecule has 0 aliphatic heterocycles. The molecular formula is C12H15BrN4. The summed E-state index contributed by atoms with van der Waals surface area (Å²) in [5.41, 5.74) is -0.315. The van der Waals surface area contributed by atoms with Gasteiger partial charge in [-0.25, -0.2) is 0 Å². The van der Waals surface area contributed by atoms with E-state index in [-0.39, 0.29) is 5.54 Å². The van der Waals surface area contributed by atoms with Gasteiger partial charge in [-0.15, -0.1) is 0 Å². The molecule has 2 saturated carbocycles. The third-order valence-corrected chi connectivity index (χ3v) is 4.11. The average molecular weight is 295 g/mol. The molecule has 0 spiro atoms. The number of hydrogen-bond acceptors (Lipinski definition) is 3. The van der Waals surface area contributed by atoms with Crippen LogP contribution in [0.3, 0.4) is 0 Å². The molecule has 2 fully saturated rings. The molecular weight excluding hydrogens is 280 g/mol. The molecule has 0 aromatic carbocycles. The van der Waals surface area contributed by atoms with Crippen LogP contribution in [0.25, 0.3) is 0 Å². The lowest BCUT2D eigenvalue weighted by molar-refractivity contribution is 0.385. The van der Waals surface area contributed by atoms with Gasteiger partial charge in [0, 0.05) is 18.7 Å². The van der Waals surface area contributed by atoms with Crippen molar-refractivity contribution in [2.75, 3.05) is 0 Å². The van der Waals surface area contributed by atoms with Crippen molar-refractivity contribution in [3.05, 3.63) is 16.9 Å². The molecule has 2 unspecified atom stereocenters. The van der Waals surface area contributed by atoms with Gasteiger partial charge >= 0.3 is 0 Å². The van der Waals surface area contributed by atoms with Gasteiger partial charge in [0.1, 0.15) is 5.54 Å². The molecule has 0 amide bonds. The van der Waals surface area contributed by atoms with Crippen LogP contribution in [0.5, 0.6) is 0 Å². The number of hydrogen-bond donors (Lipinski definition) is 1. The summed E-state index contributed by atoms with van der Waals surface area (Å²) in [7, 11) is 0. The standard InChI is InChI=1S/C12H15BrN4/c13-9-6-15-17(7-9)11-3-4-12(5-11,8-14)16-10-1-2-10/h6-7,10-11,16H,1-5H2. The van der Waals surface area contributed by atoms with E-state index >= 15 is 0 Å². The van der Waals surface area contributed by atoms with Crippen LogP contribution in [0.1, 0.15) is 38.1 Å². The van der Waals surface area contributed by atoms with Crippen molar-refractivity contribution in [2.24, 2.45) is 0 Å². The van der Waals surface area contributed by atoms with Crippen LogP contribution < -0.4 is 5.32 Å². The fourth-order valence-corrected chi connectivity index (χ4v) is 2.94. The van der Waals surface area contributed by atoms with E-state index in [2.05, 4.69) is 32.4 Å². The Labute approximate surface area is 109 Å². The summed E-state index contributed by atoms with van der Waals surface area (Å²) >= 11 is 3.41. The maximum absolute atomic E-state index is 9.41. The molecule has 3 rings (SSSR count). The first kappa shape index (κ1) is 11.2. The largest absolute Gasteiger partial charge is 0.297 e. The second-order valence-electron chi connectivity index (χ2n) is 5.15. The zero-order valence-corrected chi connectivity index (χ0v) is 11.2. The highest BCUT2D eigenvalue weighted by Gasteiger charge is 2.43. The Hall–Kier alpha value is -0.860. The molecule has 1 aromatic heterocycles. The second-order valence-corrected chi connectivity index (χ2v) is 6.06. The summed E-state index contributed by atoms with van der Waals surface area (Å²) in [6.07, 6.45) is 9.08. The second kappa shape index (κ2) is 4.11. The minimum Gasteiger partial charge on any atom is -0.297 e. The van der Waals surface area contributed by atoms with E-state index in [0.717, 1.165) is 23.7 Å². The highest BCUT2D eigenvalue weighted by molar-refractivity contribution is 9.10. The fraction of sp³-hybridized carbons (Fsp3) is 0.667. The normalized spacial score (nSPS) is 32.6. The van der Waals surface area contributed by atoms with Gasteiger partial charge in [0.15, 0.2) is 0 Å². The third kappa shape index (κ3) is 2.24. The average Bonchev–Trinajstić information content (AvgIpc) is 2.86. The maximum Gasteiger partial charge on any atom is 0.109 e. The van der Waals surface area contributed by atoms with Crippen molar-refractivity contribution in [2.45, 2.75) is 49.7 Å². The third-order valence-electron chi connectivity index (χ3n) is 3.70.